The van der Waals surface area contributed by atoms with Gasteiger partial charge in [-0.3, -0.25) is 9.59 Å². The molecule has 0 aliphatic heterocycles. The minimum atomic E-state index is -0.407. The van der Waals surface area contributed by atoms with E-state index in [9.17, 15) is 9.59 Å². The van der Waals surface area contributed by atoms with Crippen LogP contribution in [-0.2, 0) is 14.3 Å². The van der Waals surface area contributed by atoms with Crippen molar-refractivity contribution in [1.82, 2.24) is 0 Å². The maximum absolute atomic E-state index is 12.1. The first-order chi connectivity index (χ1) is 12.9. The third kappa shape index (κ3) is 6.15. The molecule has 0 saturated carbocycles. The van der Waals surface area contributed by atoms with E-state index in [0.717, 1.165) is 33.3 Å². The predicted octanol–water partition coefficient (Wildman–Crippen LogP) is 4.55. The van der Waals surface area contributed by atoms with E-state index in [1.54, 1.807) is 0 Å². The van der Waals surface area contributed by atoms with Crippen molar-refractivity contribution in [2.75, 3.05) is 11.9 Å². The average molecular weight is 382 g/mol. The van der Waals surface area contributed by atoms with Gasteiger partial charge in [-0.05, 0) is 60.4 Å². The lowest BCUT2D eigenvalue weighted by atomic mass is 9.98. The summed E-state index contributed by atoms with van der Waals surface area (Å²) in [5.41, 5.74) is 3.44. The van der Waals surface area contributed by atoms with Crippen molar-refractivity contribution in [1.29, 1.82) is 5.26 Å². The van der Waals surface area contributed by atoms with E-state index in [1.165, 1.54) is 0 Å². The third-order valence-corrected chi connectivity index (χ3v) is 4.70. The van der Waals surface area contributed by atoms with Gasteiger partial charge in [0.15, 0.2) is 6.61 Å². The summed E-state index contributed by atoms with van der Waals surface area (Å²) in [6.07, 6.45) is 0.218. The second kappa shape index (κ2) is 9.79. The molecule has 2 rings (SSSR count). The molecule has 140 valence electrons. The van der Waals surface area contributed by atoms with Crippen LogP contribution in [0.5, 0.6) is 0 Å². The molecular weight excluding hydrogens is 360 g/mol. The van der Waals surface area contributed by atoms with Crippen molar-refractivity contribution in [3.63, 3.8) is 0 Å². The van der Waals surface area contributed by atoms with Gasteiger partial charge in [-0.15, -0.1) is 0 Å². The maximum Gasteiger partial charge on any atom is 0.306 e. The average Bonchev–Trinajstić information content (AvgIpc) is 2.64. The Balaban J connectivity index is 1.87. The molecule has 1 atom stereocenters. The lowest BCUT2D eigenvalue weighted by Crippen LogP contribution is -2.22. The molecule has 0 heterocycles. The van der Waals surface area contributed by atoms with Crippen molar-refractivity contribution in [3.05, 3.63) is 59.2 Å². The number of hydrogen-bond donors (Lipinski definition) is 1. The molecule has 0 radical (unpaired) electrons. The Kier molecular flexibility index (Phi) is 7.44. The smallest absolute Gasteiger partial charge is 0.306 e. The minimum Gasteiger partial charge on any atom is -0.456 e. The number of nitrogens with one attached hydrogen (secondary N) is 1. The predicted molar refractivity (Wildman–Crippen MR) is 106 cm³/mol. The lowest BCUT2D eigenvalue weighted by Gasteiger charge is -2.14. The zero-order valence-corrected chi connectivity index (χ0v) is 16.4. The Labute approximate surface area is 163 Å². The van der Waals surface area contributed by atoms with Crippen molar-refractivity contribution >= 4 is 29.3 Å². The normalized spacial score (nSPS) is 11.3. The Morgan fingerprint density at radius 1 is 1.19 bits per heavy atom. The molecule has 1 N–H and O–H groups in total. The highest BCUT2D eigenvalue weighted by Crippen LogP contribution is 2.27. The number of esters is 1. The molecule has 0 aromatic heterocycles. The monoisotopic (exact) mass is 382 g/mol. The molecule has 0 aliphatic rings. The third-order valence-electron chi connectivity index (χ3n) is 4.14. The van der Waals surface area contributed by atoms with Gasteiger partial charge in [-0.25, -0.2) is 0 Å². The van der Waals surface area contributed by atoms with Crippen molar-refractivity contribution in [2.45, 2.75) is 38.0 Å². The molecule has 0 spiro atoms. The van der Waals surface area contributed by atoms with Gasteiger partial charge in [-0.1, -0.05) is 37.3 Å². The second-order valence-corrected chi connectivity index (χ2v) is 7.21. The van der Waals surface area contributed by atoms with Crippen LogP contribution in [0.4, 0.5) is 5.69 Å². The fourth-order valence-electron chi connectivity index (χ4n) is 2.76. The summed E-state index contributed by atoms with van der Waals surface area (Å²) in [7, 11) is 0. The number of anilines is 1. The van der Waals surface area contributed by atoms with E-state index in [-0.39, 0.29) is 24.9 Å². The van der Waals surface area contributed by atoms with E-state index in [0.29, 0.717) is 5.69 Å². The van der Waals surface area contributed by atoms with Gasteiger partial charge in [0, 0.05) is 10.6 Å². The number of hydrogen-bond acceptors (Lipinski definition) is 5. The molecule has 6 heteroatoms. The van der Waals surface area contributed by atoms with Gasteiger partial charge < -0.3 is 10.1 Å². The Bertz CT molecular complexity index is 836. The van der Waals surface area contributed by atoms with Crippen LogP contribution < -0.4 is 5.32 Å². The number of rotatable bonds is 7. The molecule has 5 nitrogen and oxygen atoms in total. The van der Waals surface area contributed by atoms with Crippen LogP contribution in [0, 0.1) is 24.5 Å². The van der Waals surface area contributed by atoms with Gasteiger partial charge in [0.05, 0.1) is 6.42 Å². The molecule has 0 aliphatic carbocycles. The molecule has 2 aromatic carbocycles. The van der Waals surface area contributed by atoms with E-state index in [2.05, 4.69) is 5.32 Å². The highest BCUT2D eigenvalue weighted by Gasteiger charge is 2.15. The first kappa shape index (κ1) is 20.5. The summed E-state index contributed by atoms with van der Waals surface area (Å²) in [6, 6.07) is 13.4. The van der Waals surface area contributed by atoms with Crippen LogP contribution in [0.1, 0.15) is 36.0 Å². The number of ether oxygens (including phenoxy) is 1. The van der Waals surface area contributed by atoms with Crippen LogP contribution in [0.25, 0.3) is 0 Å². The number of nitrogens with zero attached hydrogens (tertiary/aromatic N) is 1. The molecule has 1 amide bonds. The van der Waals surface area contributed by atoms with E-state index >= 15 is 0 Å². The largest absolute Gasteiger partial charge is 0.456 e. The first-order valence-corrected chi connectivity index (χ1v) is 9.40. The number of benzene rings is 2. The zero-order valence-electron chi connectivity index (χ0n) is 15.6. The standard InChI is InChI=1S/C21H22N2O3S/c1-14(17-7-5-4-6-8-17)11-20(25)26-12-19(24)23-21-15(2)9-18(27-13-22)10-16(21)3/h4-10,14H,11-12H2,1-3H3,(H,23,24)/t14-/m1/s1. The fourth-order valence-corrected chi connectivity index (χ4v) is 3.34. The number of carbonyl (C=O) groups excluding carboxylic acids is 2. The van der Waals surface area contributed by atoms with Gasteiger partial charge in [-0.2, -0.15) is 5.26 Å². The molecule has 0 fully saturated rings. The van der Waals surface area contributed by atoms with Gasteiger partial charge in [0.2, 0.25) is 0 Å². The highest BCUT2D eigenvalue weighted by molar-refractivity contribution is 8.03. The molecular formula is C21H22N2O3S. The summed E-state index contributed by atoms with van der Waals surface area (Å²) < 4.78 is 5.11. The zero-order chi connectivity index (χ0) is 19.8. The van der Waals surface area contributed by atoms with Crippen LogP contribution in [0.3, 0.4) is 0 Å². The van der Waals surface area contributed by atoms with E-state index in [1.807, 2.05) is 68.6 Å². The van der Waals surface area contributed by atoms with Crippen molar-refractivity contribution in [3.8, 4) is 5.40 Å². The highest BCUT2D eigenvalue weighted by atomic mass is 32.2. The minimum absolute atomic E-state index is 0.0245. The molecule has 27 heavy (non-hydrogen) atoms. The summed E-state index contributed by atoms with van der Waals surface area (Å²) in [5.74, 6) is -0.769. The number of thioether (sulfide) groups is 1. The Morgan fingerprint density at radius 3 is 2.41 bits per heavy atom. The van der Waals surface area contributed by atoms with Gasteiger partial charge >= 0.3 is 5.97 Å². The molecule has 2 aromatic rings. The van der Waals surface area contributed by atoms with Crippen molar-refractivity contribution < 1.29 is 14.3 Å². The van der Waals surface area contributed by atoms with Crippen LogP contribution in [0.2, 0.25) is 0 Å². The number of carbonyl (C=O) groups is 2. The summed E-state index contributed by atoms with van der Waals surface area (Å²) in [4.78, 5) is 25.0. The van der Waals surface area contributed by atoms with Crippen LogP contribution >= 0.6 is 11.8 Å². The molecule has 0 bridgehead atoms. The van der Waals surface area contributed by atoms with Gasteiger partial charge in [0.1, 0.15) is 5.40 Å². The second-order valence-electron chi connectivity index (χ2n) is 6.35. The topological polar surface area (TPSA) is 79.2 Å². The Morgan fingerprint density at radius 2 is 1.81 bits per heavy atom. The van der Waals surface area contributed by atoms with Gasteiger partial charge in [0.25, 0.3) is 5.91 Å². The molecule has 0 unspecified atom stereocenters. The lowest BCUT2D eigenvalue weighted by molar-refractivity contribution is -0.147. The summed E-state index contributed by atoms with van der Waals surface area (Å²) in [6.45, 7) is 5.34. The molecule has 0 saturated heterocycles. The number of thiocyanates is 1. The van der Waals surface area contributed by atoms with Crippen LogP contribution in [0.15, 0.2) is 47.4 Å². The maximum atomic E-state index is 12.1. The van der Waals surface area contributed by atoms with Crippen LogP contribution in [-0.4, -0.2) is 18.5 Å². The quantitative estimate of drug-likeness (QED) is 0.432. The number of aryl methyl sites for hydroxylation is 2. The van der Waals surface area contributed by atoms with E-state index in [4.69, 9.17) is 10.00 Å². The SMILES string of the molecule is Cc1cc(SC#N)cc(C)c1NC(=O)COC(=O)C[C@@H](C)c1ccccc1. The van der Waals surface area contributed by atoms with Crippen molar-refractivity contribution in [2.24, 2.45) is 0 Å². The summed E-state index contributed by atoms with van der Waals surface area (Å²) in [5, 5.41) is 13.6. The fraction of sp³-hybridized carbons (Fsp3) is 0.286. The number of nitriles is 1. The van der Waals surface area contributed by atoms with E-state index < -0.39 is 5.97 Å². The summed E-state index contributed by atoms with van der Waals surface area (Å²) >= 11 is 1.07. The first-order valence-electron chi connectivity index (χ1n) is 8.58. The number of amides is 1. The Hall–Kier alpha value is -2.78.